The first-order chi connectivity index (χ1) is 9.56. The zero-order valence-electron chi connectivity index (χ0n) is 11.8. The summed E-state index contributed by atoms with van der Waals surface area (Å²) < 4.78 is 0. The fourth-order valence-electron chi connectivity index (χ4n) is 1.74. The second-order valence-electron chi connectivity index (χ2n) is 4.53. The minimum absolute atomic E-state index is 0.0338. The Morgan fingerprint density at radius 3 is 2.75 bits per heavy atom. The highest BCUT2D eigenvalue weighted by atomic mass is 16.2. The van der Waals surface area contributed by atoms with Crippen LogP contribution in [0.3, 0.4) is 0 Å². The molecule has 5 nitrogen and oxygen atoms in total. The van der Waals surface area contributed by atoms with Crippen LogP contribution in [0.1, 0.15) is 32.3 Å². The number of carbonyl (C=O) groups is 2. The van der Waals surface area contributed by atoms with E-state index in [9.17, 15) is 9.59 Å². The number of benzene rings is 1. The van der Waals surface area contributed by atoms with Gasteiger partial charge in [-0.3, -0.25) is 9.59 Å². The van der Waals surface area contributed by atoms with Crippen LogP contribution in [-0.2, 0) is 9.59 Å². The van der Waals surface area contributed by atoms with Crippen molar-refractivity contribution in [1.29, 1.82) is 5.26 Å². The second-order valence-corrected chi connectivity index (χ2v) is 4.53. The molecule has 5 heteroatoms. The highest BCUT2D eigenvalue weighted by Crippen LogP contribution is 2.09. The Morgan fingerprint density at radius 2 is 2.15 bits per heavy atom. The van der Waals surface area contributed by atoms with Gasteiger partial charge in [0, 0.05) is 19.2 Å². The lowest BCUT2D eigenvalue weighted by Crippen LogP contribution is -2.37. The van der Waals surface area contributed by atoms with Crippen LogP contribution in [0.15, 0.2) is 24.3 Å². The Hall–Kier alpha value is -2.35. The quantitative estimate of drug-likeness (QED) is 0.863. The summed E-state index contributed by atoms with van der Waals surface area (Å²) in [7, 11) is 0. The SMILES string of the molecule is CCCCN(CC(=O)Nc1cccc(C#N)c1)C(C)=O. The van der Waals surface area contributed by atoms with Crippen molar-refractivity contribution in [2.24, 2.45) is 0 Å². The van der Waals surface area contributed by atoms with E-state index >= 15 is 0 Å². The Kier molecular flexibility index (Phi) is 6.24. The van der Waals surface area contributed by atoms with Gasteiger partial charge in [-0.1, -0.05) is 19.4 Å². The van der Waals surface area contributed by atoms with Gasteiger partial charge in [0.1, 0.15) is 0 Å². The number of carbonyl (C=O) groups excluding carboxylic acids is 2. The maximum Gasteiger partial charge on any atom is 0.243 e. The van der Waals surface area contributed by atoms with Crippen molar-refractivity contribution in [2.75, 3.05) is 18.4 Å². The molecule has 0 radical (unpaired) electrons. The maximum absolute atomic E-state index is 11.9. The third kappa shape index (κ3) is 5.11. The summed E-state index contributed by atoms with van der Waals surface area (Å²) in [5.74, 6) is -0.370. The number of rotatable bonds is 6. The minimum Gasteiger partial charge on any atom is -0.334 e. The maximum atomic E-state index is 11.9. The van der Waals surface area contributed by atoms with Crippen molar-refractivity contribution in [3.8, 4) is 6.07 Å². The van der Waals surface area contributed by atoms with Gasteiger partial charge in [-0.2, -0.15) is 5.26 Å². The summed E-state index contributed by atoms with van der Waals surface area (Å²) in [4.78, 5) is 24.9. The molecule has 0 spiro atoms. The summed E-state index contributed by atoms with van der Waals surface area (Å²) >= 11 is 0. The van der Waals surface area contributed by atoms with Gasteiger partial charge in [-0.15, -0.1) is 0 Å². The molecule has 0 aromatic heterocycles. The first kappa shape index (κ1) is 15.7. The van der Waals surface area contributed by atoms with E-state index in [-0.39, 0.29) is 18.4 Å². The number of amides is 2. The van der Waals surface area contributed by atoms with E-state index in [1.807, 2.05) is 13.0 Å². The van der Waals surface area contributed by atoms with Crippen molar-refractivity contribution in [3.63, 3.8) is 0 Å². The molecule has 0 heterocycles. The molecule has 0 atom stereocenters. The molecule has 1 aromatic rings. The first-order valence-corrected chi connectivity index (χ1v) is 6.62. The first-order valence-electron chi connectivity index (χ1n) is 6.62. The third-order valence-corrected chi connectivity index (χ3v) is 2.84. The molecule has 0 fully saturated rings. The molecule has 0 saturated heterocycles. The molecule has 106 valence electrons. The van der Waals surface area contributed by atoms with Crippen molar-refractivity contribution in [2.45, 2.75) is 26.7 Å². The Morgan fingerprint density at radius 1 is 1.40 bits per heavy atom. The summed E-state index contributed by atoms with van der Waals surface area (Å²) in [5.41, 5.74) is 1.05. The zero-order chi connectivity index (χ0) is 15.0. The van der Waals surface area contributed by atoms with E-state index in [0.29, 0.717) is 17.8 Å². The molecule has 0 bridgehead atoms. The number of anilines is 1. The Labute approximate surface area is 119 Å². The molecule has 0 aliphatic heterocycles. The molecule has 1 aromatic carbocycles. The van der Waals surface area contributed by atoms with Crippen LogP contribution in [-0.4, -0.2) is 29.8 Å². The average Bonchev–Trinajstić information content (AvgIpc) is 2.43. The smallest absolute Gasteiger partial charge is 0.243 e. The number of nitrogens with one attached hydrogen (secondary N) is 1. The largest absolute Gasteiger partial charge is 0.334 e. The lowest BCUT2D eigenvalue weighted by Gasteiger charge is -2.20. The molecule has 0 aliphatic carbocycles. The van der Waals surface area contributed by atoms with Gasteiger partial charge in [0.2, 0.25) is 11.8 Å². The molecule has 1 N–H and O–H groups in total. The molecule has 2 amide bonds. The van der Waals surface area contributed by atoms with E-state index in [4.69, 9.17) is 5.26 Å². The van der Waals surface area contributed by atoms with Crippen LogP contribution >= 0.6 is 0 Å². The second kappa shape index (κ2) is 7.95. The number of nitriles is 1. The van der Waals surface area contributed by atoms with Crippen molar-refractivity contribution < 1.29 is 9.59 Å². The molecule has 1 rings (SSSR count). The minimum atomic E-state index is -0.258. The van der Waals surface area contributed by atoms with Crippen LogP contribution in [0.2, 0.25) is 0 Å². The predicted octanol–water partition coefficient (Wildman–Crippen LogP) is 2.15. The Balaban J connectivity index is 2.61. The lowest BCUT2D eigenvalue weighted by atomic mass is 10.2. The standard InChI is InChI=1S/C15H19N3O2/c1-3-4-8-18(12(2)19)11-15(20)17-14-7-5-6-13(9-14)10-16/h5-7,9H,3-4,8,11H2,1-2H3,(H,17,20). The molecule has 0 aliphatic rings. The predicted molar refractivity (Wildman–Crippen MR) is 76.9 cm³/mol. The van der Waals surface area contributed by atoms with Gasteiger partial charge in [0.05, 0.1) is 18.2 Å². The molecular formula is C15H19N3O2. The van der Waals surface area contributed by atoms with Crippen molar-refractivity contribution >= 4 is 17.5 Å². The lowest BCUT2D eigenvalue weighted by molar-refractivity contribution is -0.132. The summed E-state index contributed by atoms with van der Waals surface area (Å²) in [5, 5.41) is 11.5. The van der Waals surface area contributed by atoms with E-state index in [1.54, 1.807) is 24.3 Å². The van der Waals surface area contributed by atoms with Crippen molar-refractivity contribution in [1.82, 2.24) is 4.90 Å². The highest BCUT2D eigenvalue weighted by molar-refractivity contribution is 5.94. The van der Waals surface area contributed by atoms with E-state index in [2.05, 4.69) is 5.32 Å². The third-order valence-electron chi connectivity index (χ3n) is 2.84. The molecule has 0 saturated carbocycles. The monoisotopic (exact) mass is 273 g/mol. The average molecular weight is 273 g/mol. The van der Waals surface area contributed by atoms with E-state index in [0.717, 1.165) is 12.8 Å². The van der Waals surface area contributed by atoms with Crippen molar-refractivity contribution in [3.05, 3.63) is 29.8 Å². The fourth-order valence-corrected chi connectivity index (χ4v) is 1.74. The number of unbranched alkanes of at least 4 members (excludes halogenated alkanes) is 1. The van der Waals surface area contributed by atoms with E-state index in [1.165, 1.54) is 11.8 Å². The normalized spacial score (nSPS) is 9.65. The summed E-state index contributed by atoms with van der Waals surface area (Å²) in [6, 6.07) is 8.69. The van der Waals surface area contributed by atoms with Crippen LogP contribution in [0, 0.1) is 11.3 Å². The highest BCUT2D eigenvalue weighted by Gasteiger charge is 2.13. The fraction of sp³-hybridized carbons (Fsp3) is 0.400. The van der Waals surface area contributed by atoms with Gasteiger partial charge < -0.3 is 10.2 Å². The van der Waals surface area contributed by atoms with Gasteiger partial charge in [0.15, 0.2) is 0 Å². The summed E-state index contributed by atoms with van der Waals surface area (Å²) in [6.45, 7) is 4.11. The van der Waals surface area contributed by atoms with Crippen LogP contribution in [0.5, 0.6) is 0 Å². The summed E-state index contributed by atoms with van der Waals surface area (Å²) in [6.07, 6.45) is 1.84. The topological polar surface area (TPSA) is 73.2 Å². The molecule has 0 unspecified atom stereocenters. The van der Waals surface area contributed by atoms with Gasteiger partial charge in [0.25, 0.3) is 0 Å². The molecule has 20 heavy (non-hydrogen) atoms. The zero-order valence-corrected chi connectivity index (χ0v) is 11.8. The Bertz CT molecular complexity index is 520. The van der Waals surface area contributed by atoms with Gasteiger partial charge in [-0.05, 0) is 24.6 Å². The van der Waals surface area contributed by atoms with Gasteiger partial charge in [-0.25, -0.2) is 0 Å². The molecular weight excluding hydrogens is 254 g/mol. The van der Waals surface area contributed by atoms with Crippen LogP contribution in [0.4, 0.5) is 5.69 Å². The van der Waals surface area contributed by atoms with Crippen LogP contribution < -0.4 is 5.32 Å². The number of nitrogens with zero attached hydrogens (tertiary/aromatic N) is 2. The van der Waals surface area contributed by atoms with Gasteiger partial charge >= 0.3 is 0 Å². The van der Waals surface area contributed by atoms with E-state index < -0.39 is 0 Å². The number of hydrogen-bond acceptors (Lipinski definition) is 3. The number of hydrogen-bond donors (Lipinski definition) is 1. The van der Waals surface area contributed by atoms with Crippen LogP contribution in [0.25, 0.3) is 0 Å².